The molecule has 0 fully saturated rings. The molecule has 94 valence electrons. The van der Waals surface area contributed by atoms with Crippen molar-refractivity contribution in [2.75, 3.05) is 13.4 Å². The van der Waals surface area contributed by atoms with Gasteiger partial charge in [-0.3, -0.25) is 0 Å². The molecule has 0 spiro atoms. The van der Waals surface area contributed by atoms with Gasteiger partial charge >= 0.3 is 0 Å². The lowest BCUT2D eigenvalue weighted by molar-refractivity contribution is 0.173. The highest BCUT2D eigenvalue weighted by molar-refractivity contribution is 5.51. The summed E-state index contributed by atoms with van der Waals surface area (Å²) in [4.78, 5) is 0. The second-order valence-electron chi connectivity index (χ2n) is 4.03. The number of rotatable bonds is 6. The van der Waals surface area contributed by atoms with Crippen LogP contribution in [0.15, 0.2) is 12.1 Å². The van der Waals surface area contributed by atoms with Crippen molar-refractivity contribution in [3.63, 3.8) is 0 Å². The third-order valence-corrected chi connectivity index (χ3v) is 2.73. The molecule has 0 saturated heterocycles. The van der Waals surface area contributed by atoms with E-state index in [0.29, 0.717) is 23.9 Å². The molecule has 1 aliphatic rings. The number of benzene rings is 1. The van der Waals surface area contributed by atoms with E-state index in [9.17, 15) is 5.11 Å². The maximum Gasteiger partial charge on any atom is 0.231 e. The molecule has 0 aliphatic carbocycles. The maximum atomic E-state index is 9.28. The second kappa shape index (κ2) is 5.77. The molecular formula is C13H18O4. The summed E-state index contributed by atoms with van der Waals surface area (Å²) in [6, 6.07) is 3.57. The van der Waals surface area contributed by atoms with Crippen LogP contribution in [-0.4, -0.2) is 18.5 Å². The highest BCUT2D eigenvalue weighted by atomic mass is 16.7. The van der Waals surface area contributed by atoms with Crippen LogP contribution in [0.4, 0.5) is 0 Å². The van der Waals surface area contributed by atoms with Gasteiger partial charge in [0.25, 0.3) is 0 Å². The molecule has 0 bridgehead atoms. The molecule has 1 N–H and O–H groups in total. The normalized spacial score (nSPS) is 12.8. The van der Waals surface area contributed by atoms with E-state index >= 15 is 0 Å². The summed E-state index contributed by atoms with van der Waals surface area (Å²) in [5.41, 5.74) is 0.741. The Morgan fingerprint density at radius 3 is 2.71 bits per heavy atom. The van der Waals surface area contributed by atoms with Crippen LogP contribution < -0.4 is 14.2 Å². The van der Waals surface area contributed by atoms with Crippen molar-refractivity contribution in [1.29, 1.82) is 0 Å². The van der Waals surface area contributed by atoms with Crippen LogP contribution in [0.2, 0.25) is 0 Å². The van der Waals surface area contributed by atoms with E-state index in [4.69, 9.17) is 14.2 Å². The SMILES string of the molecule is CCCCCOc1cc2c(cc1CO)OCO2. The van der Waals surface area contributed by atoms with Crippen LogP contribution in [-0.2, 0) is 6.61 Å². The Labute approximate surface area is 101 Å². The minimum Gasteiger partial charge on any atom is -0.493 e. The molecule has 0 amide bonds. The van der Waals surface area contributed by atoms with Crippen LogP contribution in [0.1, 0.15) is 31.7 Å². The van der Waals surface area contributed by atoms with E-state index in [1.165, 1.54) is 0 Å². The van der Waals surface area contributed by atoms with Gasteiger partial charge in [-0.15, -0.1) is 0 Å². The standard InChI is InChI=1S/C13H18O4/c1-2-3-4-5-15-11-7-13-12(16-9-17-13)6-10(11)8-14/h6-7,14H,2-5,8-9H2,1H3. The fourth-order valence-corrected chi connectivity index (χ4v) is 1.76. The van der Waals surface area contributed by atoms with E-state index in [2.05, 4.69) is 6.92 Å². The Morgan fingerprint density at radius 2 is 2.00 bits per heavy atom. The third-order valence-electron chi connectivity index (χ3n) is 2.73. The zero-order valence-corrected chi connectivity index (χ0v) is 10.1. The van der Waals surface area contributed by atoms with Gasteiger partial charge in [-0.2, -0.15) is 0 Å². The van der Waals surface area contributed by atoms with Gasteiger partial charge in [0, 0.05) is 11.6 Å². The number of fused-ring (bicyclic) bond motifs is 1. The van der Waals surface area contributed by atoms with E-state index in [1.54, 1.807) is 12.1 Å². The van der Waals surface area contributed by atoms with Crippen LogP contribution in [0.3, 0.4) is 0 Å². The summed E-state index contributed by atoms with van der Waals surface area (Å²) < 4.78 is 16.2. The van der Waals surface area contributed by atoms with Gasteiger partial charge in [-0.25, -0.2) is 0 Å². The van der Waals surface area contributed by atoms with Gasteiger partial charge < -0.3 is 19.3 Å². The molecule has 2 rings (SSSR count). The molecule has 4 heteroatoms. The smallest absolute Gasteiger partial charge is 0.231 e. The minimum atomic E-state index is -0.0558. The first-order valence-corrected chi connectivity index (χ1v) is 6.01. The van der Waals surface area contributed by atoms with Crippen molar-refractivity contribution < 1.29 is 19.3 Å². The second-order valence-corrected chi connectivity index (χ2v) is 4.03. The molecule has 1 aromatic rings. The average Bonchev–Trinajstić information content (AvgIpc) is 2.80. The summed E-state index contributed by atoms with van der Waals surface area (Å²) in [7, 11) is 0. The summed E-state index contributed by atoms with van der Waals surface area (Å²) in [5, 5.41) is 9.28. The van der Waals surface area contributed by atoms with E-state index in [0.717, 1.165) is 24.8 Å². The van der Waals surface area contributed by atoms with Crippen molar-refractivity contribution in [3.8, 4) is 17.2 Å². The average molecular weight is 238 g/mol. The van der Waals surface area contributed by atoms with Crippen LogP contribution in [0, 0.1) is 0 Å². The summed E-state index contributed by atoms with van der Waals surface area (Å²) >= 11 is 0. The molecule has 4 nitrogen and oxygen atoms in total. The fraction of sp³-hybridized carbons (Fsp3) is 0.538. The molecule has 17 heavy (non-hydrogen) atoms. The van der Waals surface area contributed by atoms with Crippen molar-refractivity contribution in [2.24, 2.45) is 0 Å². The van der Waals surface area contributed by atoms with E-state index < -0.39 is 0 Å². The lowest BCUT2D eigenvalue weighted by Crippen LogP contribution is -2.00. The Hall–Kier alpha value is -1.42. The van der Waals surface area contributed by atoms with E-state index in [1.807, 2.05) is 0 Å². The van der Waals surface area contributed by atoms with Crippen molar-refractivity contribution in [3.05, 3.63) is 17.7 Å². The van der Waals surface area contributed by atoms with Gasteiger partial charge in [0.05, 0.1) is 13.2 Å². The van der Waals surface area contributed by atoms with Crippen LogP contribution in [0.25, 0.3) is 0 Å². The van der Waals surface area contributed by atoms with Crippen LogP contribution >= 0.6 is 0 Å². The largest absolute Gasteiger partial charge is 0.493 e. The summed E-state index contributed by atoms with van der Waals surface area (Å²) in [6.07, 6.45) is 3.34. The quantitative estimate of drug-likeness (QED) is 0.773. The zero-order chi connectivity index (χ0) is 12.1. The Morgan fingerprint density at radius 1 is 1.24 bits per heavy atom. The van der Waals surface area contributed by atoms with Gasteiger partial charge in [-0.05, 0) is 12.5 Å². The van der Waals surface area contributed by atoms with Crippen molar-refractivity contribution in [2.45, 2.75) is 32.8 Å². The molecule has 1 aliphatic heterocycles. The zero-order valence-electron chi connectivity index (χ0n) is 10.1. The Bertz CT molecular complexity index is 376. The molecule has 1 aromatic carbocycles. The highest BCUT2D eigenvalue weighted by Crippen LogP contribution is 2.38. The lowest BCUT2D eigenvalue weighted by Gasteiger charge is -2.10. The lowest BCUT2D eigenvalue weighted by atomic mass is 10.2. The van der Waals surface area contributed by atoms with Crippen molar-refractivity contribution >= 4 is 0 Å². The highest BCUT2D eigenvalue weighted by Gasteiger charge is 2.17. The molecule has 0 saturated carbocycles. The number of aliphatic hydroxyl groups excluding tert-OH is 1. The first-order chi connectivity index (χ1) is 8.35. The molecule has 0 aromatic heterocycles. The monoisotopic (exact) mass is 238 g/mol. The van der Waals surface area contributed by atoms with Crippen molar-refractivity contribution in [1.82, 2.24) is 0 Å². The first kappa shape index (κ1) is 12.0. The number of aliphatic hydroxyl groups is 1. The van der Waals surface area contributed by atoms with Gasteiger partial charge in [0.2, 0.25) is 6.79 Å². The summed E-state index contributed by atoms with van der Waals surface area (Å²) in [6.45, 7) is 3.00. The molecular weight excluding hydrogens is 220 g/mol. The van der Waals surface area contributed by atoms with Gasteiger partial charge in [-0.1, -0.05) is 19.8 Å². The molecule has 0 unspecified atom stereocenters. The van der Waals surface area contributed by atoms with Gasteiger partial charge in [0.1, 0.15) is 5.75 Å². The predicted molar refractivity (Wildman–Crippen MR) is 63.5 cm³/mol. The first-order valence-electron chi connectivity index (χ1n) is 6.01. The predicted octanol–water partition coefficient (Wildman–Crippen LogP) is 2.48. The number of hydrogen-bond acceptors (Lipinski definition) is 4. The topological polar surface area (TPSA) is 47.9 Å². The fourth-order valence-electron chi connectivity index (χ4n) is 1.76. The Kier molecular flexibility index (Phi) is 4.09. The maximum absolute atomic E-state index is 9.28. The number of unbranched alkanes of at least 4 members (excludes halogenated alkanes) is 2. The summed E-state index contributed by atoms with van der Waals surface area (Å²) in [5.74, 6) is 2.05. The molecule has 0 radical (unpaired) electrons. The minimum absolute atomic E-state index is 0.0558. The number of hydrogen-bond donors (Lipinski definition) is 1. The third kappa shape index (κ3) is 2.82. The molecule has 1 heterocycles. The molecule has 0 atom stereocenters. The van der Waals surface area contributed by atoms with Crippen LogP contribution in [0.5, 0.6) is 17.2 Å². The number of ether oxygens (including phenoxy) is 3. The van der Waals surface area contributed by atoms with E-state index in [-0.39, 0.29) is 13.4 Å². The van der Waals surface area contributed by atoms with Gasteiger partial charge in [0.15, 0.2) is 11.5 Å². The Balaban J connectivity index is 2.04.